The van der Waals surface area contributed by atoms with E-state index in [0.717, 1.165) is 32.5 Å². The lowest BCUT2D eigenvalue weighted by Crippen LogP contribution is -2.35. The standard InChI is InChI=1S/C15H33N3O/c1-6-18(9-7-8-17(4)5)15(19)11-14(12-16)10-13(2)3/h13-14H,6-12,16H2,1-5H3. The molecule has 1 amide bonds. The molecule has 0 aliphatic rings. The van der Waals surface area contributed by atoms with Crippen molar-refractivity contribution in [2.75, 3.05) is 40.3 Å². The van der Waals surface area contributed by atoms with Crippen LogP contribution in [-0.4, -0.2) is 56.0 Å². The average molecular weight is 271 g/mol. The van der Waals surface area contributed by atoms with E-state index in [9.17, 15) is 4.79 Å². The molecule has 1 unspecified atom stereocenters. The number of hydrogen-bond acceptors (Lipinski definition) is 3. The zero-order valence-electron chi connectivity index (χ0n) is 13.5. The molecule has 0 saturated heterocycles. The van der Waals surface area contributed by atoms with Crippen LogP contribution in [0.5, 0.6) is 0 Å². The van der Waals surface area contributed by atoms with Gasteiger partial charge in [0.1, 0.15) is 0 Å². The lowest BCUT2D eigenvalue weighted by molar-refractivity contribution is -0.132. The molecule has 0 rings (SSSR count). The van der Waals surface area contributed by atoms with Crippen molar-refractivity contribution in [1.29, 1.82) is 0 Å². The number of nitrogens with zero attached hydrogens (tertiary/aromatic N) is 2. The zero-order chi connectivity index (χ0) is 14.8. The van der Waals surface area contributed by atoms with Crippen LogP contribution in [0.15, 0.2) is 0 Å². The fourth-order valence-corrected chi connectivity index (χ4v) is 2.34. The van der Waals surface area contributed by atoms with Gasteiger partial charge < -0.3 is 15.5 Å². The lowest BCUT2D eigenvalue weighted by Gasteiger charge is -2.25. The van der Waals surface area contributed by atoms with E-state index < -0.39 is 0 Å². The van der Waals surface area contributed by atoms with Gasteiger partial charge in [0.15, 0.2) is 0 Å². The summed E-state index contributed by atoms with van der Waals surface area (Å²) in [5.74, 6) is 1.19. The van der Waals surface area contributed by atoms with Crippen molar-refractivity contribution in [2.24, 2.45) is 17.6 Å². The molecule has 0 radical (unpaired) electrons. The SMILES string of the molecule is CCN(CCCN(C)C)C(=O)CC(CN)CC(C)C. The van der Waals surface area contributed by atoms with Gasteiger partial charge in [-0.3, -0.25) is 4.79 Å². The highest BCUT2D eigenvalue weighted by atomic mass is 16.2. The smallest absolute Gasteiger partial charge is 0.222 e. The predicted molar refractivity (Wildman–Crippen MR) is 82.0 cm³/mol. The molecule has 0 aromatic rings. The Kier molecular flexibility index (Phi) is 9.88. The van der Waals surface area contributed by atoms with Crippen molar-refractivity contribution < 1.29 is 4.79 Å². The number of rotatable bonds is 10. The molecule has 0 bridgehead atoms. The van der Waals surface area contributed by atoms with E-state index >= 15 is 0 Å². The van der Waals surface area contributed by atoms with Crippen molar-refractivity contribution in [2.45, 2.75) is 40.0 Å². The van der Waals surface area contributed by atoms with Gasteiger partial charge >= 0.3 is 0 Å². The second-order valence-corrected chi connectivity index (χ2v) is 6.07. The summed E-state index contributed by atoms with van der Waals surface area (Å²) in [5, 5.41) is 0. The van der Waals surface area contributed by atoms with E-state index in [1.165, 1.54) is 0 Å². The molecule has 0 spiro atoms. The molecule has 114 valence electrons. The minimum atomic E-state index is 0.261. The van der Waals surface area contributed by atoms with E-state index in [0.29, 0.717) is 24.8 Å². The predicted octanol–water partition coefficient (Wildman–Crippen LogP) is 1.80. The van der Waals surface area contributed by atoms with E-state index in [-0.39, 0.29) is 5.91 Å². The van der Waals surface area contributed by atoms with E-state index in [1.54, 1.807) is 0 Å². The normalized spacial score (nSPS) is 13.1. The summed E-state index contributed by atoms with van der Waals surface area (Å²) in [6.45, 7) is 9.70. The van der Waals surface area contributed by atoms with E-state index in [1.807, 2.05) is 11.8 Å². The van der Waals surface area contributed by atoms with E-state index in [4.69, 9.17) is 5.73 Å². The van der Waals surface area contributed by atoms with Gasteiger partial charge in [-0.25, -0.2) is 0 Å². The molecule has 0 aromatic carbocycles. The Morgan fingerprint density at radius 1 is 1.21 bits per heavy atom. The van der Waals surface area contributed by atoms with Crippen LogP contribution in [0.2, 0.25) is 0 Å². The van der Waals surface area contributed by atoms with Crippen LogP contribution in [0.25, 0.3) is 0 Å². The summed E-state index contributed by atoms with van der Waals surface area (Å²) in [6, 6.07) is 0. The molecule has 4 heteroatoms. The highest BCUT2D eigenvalue weighted by Gasteiger charge is 2.18. The van der Waals surface area contributed by atoms with Crippen molar-refractivity contribution in [1.82, 2.24) is 9.80 Å². The first-order valence-corrected chi connectivity index (χ1v) is 7.53. The Balaban J connectivity index is 4.17. The fourth-order valence-electron chi connectivity index (χ4n) is 2.34. The Morgan fingerprint density at radius 2 is 1.84 bits per heavy atom. The molecule has 0 aromatic heterocycles. The fraction of sp³-hybridized carbons (Fsp3) is 0.933. The number of amides is 1. The van der Waals surface area contributed by atoms with Gasteiger partial charge in [0.25, 0.3) is 0 Å². The molecule has 4 nitrogen and oxygen atoms in total. The third-order valence-electron chi connectivity index (χ3n) is 3.37. The van der Waals surface area contributed by atoms with Crippen LogP contribution in [0, 0.1) is 11.8 Å². The van der Waals surface area contributed by atoms with Gasteiger partial charge in [0, 0.05) is 19.5 Å². The van der Waals surface area contributed by atoms with Crippen LogP contribution in [0.1, 0.15) is 40.0 Å². The Hall–Kier alpha value is -0.610. The minimum absolute atomic E-state index is 0.261. The molecule has 0 aliphatic heterocycles. The summed E-state index contributed by atoms with van der Waals surface area (Å²) >= 11 is 0. The highest BCUT2D eigenvalue weighted by Crippen LogP contribution is 2.15. The van der Waals surface area contributed by atoms with Gasteiger partial charge in [-0.15, -0.1) is 0 Å². The van der Waals surface area contributed by atoms with Crippen LogP contribution in [0.3, 0.4) is 0 Å². The van der Waals surface area contributed by atoms with Crippen molar-refractivity contribution in [3.63, 3.8) is 0 Å². The van der Waals surface area contributed by atoms with Gasteiger partial charge in [-0.1, -0.05) is 13.8 Å². The number of carbonyl (C=O) groups excluding carboxylic acids is 1. The third kappa shape index (κ3) is 9.00. The Labute approximate surface area is 119 Å². The maximum atomic E-state index is 12.3. The second-order valence-electron chi connectivity index (χ2n) is 6.07. The summed E-state index contributed by atoms with van der Waals surface area (Å²) in [6.07, 6.45) is 2.67. The van der Waals surface area contributed by atoms with Gasteiger partial charge in [-0.2, -0.15) is 0 Å². The van der Waals surface area contributed by atoms with Crippen molar-refractivity contribution >= 4 is 5.91 Å². The largest absolute Gasteiger partial charge is 0.343 e. The summed E-state index contributed by atoms with van der Waals surface area (Å²) in [7, 11) is 4.12. The van der Waals surface area contributed by atoms with Crippen LogP contribution in [0.4, 0.5) is 0 Å². The van der Waals surface area contributed by atoms with E-state index in [2.05, 4.69) is 32.8 Å². The molecular weight excluding hydrogens is 238 g/mol. The monoisotopic (exact) mass is 271 g/mol. The molecule has 0 aliphatic carbocycles. The number of carbonyl (C=O) groups is 1. The van der Waals surface area contributed by atoms with Gasteiger partial charge in [-0.05, 0) is 58.8 Å². The Bertz CT molecular complexity index is 242. The van der Waals surface area contributed by atoms with Crippen molar-refractivity contribution in [3.05, 3.63) is 0 Å². The first-order chi connectivity index (χ1) is 8.90. The number of nitrogens with two attached hydrogens (primary N) is 1. The first kappa shape index (κ1) is 18.4. The van der Waals surface area contributed by atoms with Gasteiger partial charge in [0.05, 0.1) is 0 Å². The molecule has 1 atom stereocenters. The molecule has 0 heterocycles. The van der Waals surface area contributed by atoms with Crippen LogP contribution in [-0.2, 0) is 4.79 Å². The molecule has 2 N–H and O–H groups in total. The maximum absolute atomic E-state index is 12.3. The number of hydrogen-bond donors (Lipinski definition) is 1. The van der Waals surface area contributed by atoms with Crippen LogP contribution >= 0.6 is 0 Å². The first-order valence-electron chi connectivity index (χ1n) is 7.53. The minimum Gasteiger partial charge on any atom is -0.343 e. The molecule has 0 fully saturated rings. The zero-order valence-corrected chi connectivity index (χ0v) is 13.5. The molecule has 0 saturated carbocycles. The van der Waals surface area contributed by atoms with Crippen molar-refractivity contribution in [3.8, 4) is 0 Å². The summed E-state index contributed by atoms with van der Waals surface area (Å²) in [4.78, 5) is 16.4. The molecular formula is C15H33N3O. The third-order valence-corrected chi connectivity index (χ3v) is 3.37. The average Bonchev–Trinajstić information content (AvgIpc) is 2.32. The summed E-state index contributed by atoms with van der Waals surface area (Å²) < 4.78 is 0. The molecule has 19 heavy (non-hydrogen) atoms. The Morgan fingerprint density at radius 3 is 2.26 bits per heavy atom. The highest BCUT2D eigenvalue weighted by molar-refractivity contribution is 5.76. The second kappa shape index (κ2) is 10.2. The van der Waals surface area contributed by atoms with Gasteiger partial charge in [0.2, 0.25) is 5.91 Å². The lowest BCUT2D eigenvalue weighted by atomic mass is 9.94. The van der Waals surface area contributed by atoms with Crippen LogP contribution < -0.4 is 5.73 Å². The topological polar surface area (TPSA) is 49.6 Å². The maximum Gasteiger partial charge on any atom is 0.222 e. The summed E-state index contributed by atoms with van der Waals surface area (Å²) in [5.41, 5.74) is 5.77. The quantitative estimate of drug-likeness (QED) is 0.659.